The van der Waals surface area contributed by atoms with Gasteiger partial charge in [-0.25, -0.2) is 4.79 Å². The minimum absolute atomic E-state index is 0.0964. The summed E-state index contributed by atoms with van der Waals surface area (Å²) in [5, 5.41) is -6.10. The smallest absolute Gasteiger partial charge is 0.421 e. The number of benzene rings is 1. The number of para-hydroxylation sites is 1. The number of hydrogen-bond donors (Lipinski definition) is 1. The fraction of sp³-hybridized carbons (Fsp3) is 0.600. The molecule has 0 saturated heterocycles. The van der Waals surface area contributed by atoms with Gasteiger partial charge in [0.2, 0.25) is 0 Å². The van der Waals surface area contributed by atoms with Gasteiger partial charge in [0.15, 0.2) is 0 Å². The first-order valence-electron chi connectivity index (χ1n) is 10.4. The van der Waals surface area contributed by atoms with Gasteiger partial charge in [0.25, 0.3) is 0 Å². The molecule has 16 heteroatoms. The molecule has 1 aliphatic carbocycles. The standard InChI is InChI=1S/C20H21F7O8S/c21-17(22,20(26,27)36(30,31)32)11-12-33-18(19(23,24)25,16(29)34-14-9-5-2-6-10-14)35-15(28)13-7-3-1-4-8-13/h2,5-6,9-10,13H,1,3-4,7-8,11-12H2,(H,30,31,32). The molecule has 0 radical (unpaired) electrons. The average Bonchev–Trinajstić information content (AvgIpc) is 2.77. The molecule has 36 heavy (non-hydrogen) atoms. The second-order valence-corrected chi connectivity index (χ2v) is 9.33. The van der Waals surface area contributed by atoms with Gasteiger partial charge < -0.3 is 14.2 Å². The van der Waals surface area contributed by atoms with Crippen LogP contribution in [0.1, 0.15) is 38.5 Å². The zero-order chi connectivity index (χ0) is 27.4. The topological polar surface area (TPSA) is 116 Å². The van der Waals surface area contributed by atoms with E-state index in [0.717, 1.165) is 12.1 Å². The van der Waals surface area contributed by atoms with Crippen molar-refractivity contribution in [3.63, 3.8) is 0 Å². The van der Waals surface area contributed by atoms with E-state index >= 15 is 0 Å². The number of esters is 2. The highest BCUT2D eigenvalue weighted by molar-refractivity contribution is 7.87. The maximum atomic E-state index is 14.1. The van der Waals surface area contributed by atoms with Crippen LogP contribution in [0.5, 0.6) is 5.75 Å². The van der Waals surface area contributed by atoms with Crippen molar-refractivity contribution >= 4 is 22.1 Å². The third kappa shape index (κ3) is 6.45. The molecule has 1 N–H and O–H groups in total. The van der Waals surface area contributed by atoms with Gasteiger partial charge in [-0.15, -0.1) is 0 Å². The van der Waals surface area contributed by atoms with E-state index in [0.29, 0.717) is 19.3 Å². The van der Waals surface area contributed by atoms with Crippen LogP contribution in [0.4, 0.5) is 30.7 Å². The molecule has 1 fully saturated rings. The molecule has 0 bridgehead atoms. The summed E-state index contributed by atoms with van der Waals surface area (Å²) >= 11 is 0. The molecular weight excluding hydrogens is 533 g/mol. The lowest BCUT2D eigenvalue weighted by Gasteiger charge is -2.34. The predicted molar refractivity (Wildman–Crippen MR) is 106 cm³/mol. The summed E-state index contributed by atoms with van der Waals surface area (Å²) in [6, 6.07) is 5.98. The van der Waals surface area contributed by atoms with Crippen molar-refractivity contribution in [2.24, 2.45) is 5.92 Å². The summed E-state index contributed by atoms with van der Waals surface area (Å²) in [6.45, 7) is -2.07. The SMILES string of the molecule is O=C(OC(OCCC(F)(F)C(F)(F)S(=O)(=O)O)(C(=O)Oc1ccccc1)C(F)(F)F)C1CCCCC1. The molecule has 0 heterocycles. The van der Waals surface area contributed by atoms with Gasteiger partial charge in [0.05, 0.1) is 12.5 Å². The molecule has 204 valence electrons. The normalized spacial score (nSPS) is 17.8. The summed E-state index contributed by atoms with van der Waals surface area (Å²) in [7, 11) is -6.68. The highest BCUT2D eigenvalue weighted by atomic mass is 32.2. The van der Waals surface area contributed by atoms with Crippen LogP contribution < -0.4 is 4.74 Å². The number of hydrogen-bond acceptors (Lipinski definition) is 7. The van der Waals surface area contributed by atoms with Crippen molar-refractivity contribution in [2.45, 2.75) is 61.7 Å². The Labute approximate surface area is 200 Å². The first-order chi connectivity index (χ1) is 16.4. The van der Waals surface area contributed by atoms with Crippen LogP contribution >= 0.6 is 0 Å². The lowest BCUT2D eigenvalue weighted by atomic mass is 9.89. The highest BCUT2D eigenvalue weighted by Crippen LogP contribution is 2.43. The predicted octanol–water partition coefficient (Wildman–Crippen LogP) is 4.50. The molecule has 0 spiro atoms. The number of ether oxygens (including phenoxy) is 3. The van der Waals surface area contributed by atoms with Gasteiger partial charge >= 0.3 is 45.2 Å². The first-order valence-corrected chi connectivity index (χ1v) is 11.8. The molecular formula is C20H21F7O8S. The number of halogens is 7. The van der Waals surface area contributed by atoms with Crippen LogP contribution in [-0.4, -0.2) is 54.7 Å². The number of alkyl halides is 7. The van der Waals surface area contributed by atoms with Gasteiger partial charge in [-0.1, -0.05) is 37.5 Å². The fourth-order valence-electron chi connectivity index (χ4n) is 3.27. The van der Waals surface area contributed by atoms with Crippen LogP contribution in [0.25, 0.3) is 0 Å². The Hall–Kier alpha value is -2.46. The Kier molecular flexibility index (Phi) is 9.00. The van der Waals surface area contributed by atoms with Crippen LogP contribution in [-0.2, 0) is 29.2 Å². The van der Waals surface area contributed by atoms with E-state index in [4.69, 9.17) is 4.55 Å². The lowest BCUT2D eigenvalue weighted by molar-refractivity contribution is -0.356. The summed E-state index contributed by atoms with van der Waals surface area (Å²) in [5.74, 6) is -15.9. The molecule has 2 rings (SSSR count). The number of carbonyl (C=O) groups excluding carboxylic acids is 2. The van der Waals surface area contributed by atoms with E-state index in [-0.39, 0.29) is 12.8 Å². The molecule has 0 aliphatic heterocycles. The zero-order valence-corrected chi connectivity index (χ0v) is 19.1. The summed E-state index contributed by atoms with van der Waals surface area (Å²) in [4.78, 5) is 25.1. The minimum atomic E-state index is -6.68. The van der Waals surface area contributed by atoms with Crippen molar-refractivity contribution in [3.05, 3.63) is 30.3 Å². The van der Waals surface area contributed by atoms with Gasteiger partial charge in [-0.3, -0.25) is 9.35 Å². The van der Waals surface area contributed by atoms with Crippen molar-refractivity contribution in [2.75, 3.05) is 6.61 Å². The molecule has 8 nitrogen and oxygen atoms in total. The Bertz CT molecular complexity index is 1020. The Morgan fingerprint density at radius 3 is 2.00 bits per heavy atom. The van der Waals surface area contributed by atoms with E-state index in [1.165, 1.54) is 18.2 Å². The third-order valence-electron chi connectivity index (χ3n) is 5.25. The first kappa shape index (κ1) is 29.8. The minimum Gasteiger partial charge on any atom is -0.421 e. The quantitative estimate of drug-likeness (QED) is 0.148. The fourth-order valence-corrected chi connectivity index (χ4v) is 3.75. The molecule has 1 unspecified atom stereocenters. The molecule has 1 aliphatic rings. The van der Waals surface area contributed by atoms with Crippen LogP contribution in [0, 0.1) is 5.92 Å². The summed E-state index contributed by atoms with van der Waals surface area (Å²) in [5.41, 5.74) is 0. The monoisotopic (exact) mass is 554 g/mol. The molecule has 0 amide bonds. The lowest BCUT2D eigenvalue weighted by Crippen LogP contribution is -2.60. The van der Waals surface area contributed by atoms with Crippen molar-refractivity contribution in [3.8, 4) is 5.75 Å². The Morgan fingerprint density at radius 1 is 0.944 bits per heavy atom. The zero-order valence-electron chi connectivity index (χ0n) is 18.3. The van der Waals surface area contributed by atoms with E-state index in [2.05, 4.69) is 14.2 Å². The number of carbonyl (C=O) groups is 2. The molecule has 1 atom stereocenters. The van der Waals surface area contributed by atoms with E-state index in [9.17, 15) is 48.7 Å². The van der Waals surface area contributed by atoms with Crippen molar-refractivity contribution in [1.29, 1.82) is 0 Å². The van der Waals surface area contributed by atoms with E-state index < -0.39 is 69.9 Å². The number of rotatable bonds is 10. The second kappa shape index (κ2) is 10.9. The van der Waals surface area contributed by atoms with Gasteiger partial charge in [-0.2, -0.15) is 39.2 Å². The summed E-state index contributed by atoms with van der Waals surface area (Å²) in [6.07, 6.45) is -6.62. The highest BCUT2D eigenvalue weighted by Gasteiger charge is 2.69. The van der Waals surface area contributed by atoms with E-state index in [1.807, 2.05) is 0 Å². The maximum absolute atomic E-state index is 14.1. The van der Waals surface area contributed by atoms with Crippen molar-refractivity contribution in [1.82, 2.24) is 0 Å². The third-order valence-corrected chi connectivity index (χ3v) is 6.20. The van der Waals surface area contributed by atoms with Crippen LogP contribution in [0.15, 0.2) is 30.3 Å². The van der Waals surface area contributed by atoms with Crippen LogP contribution in [0.3, 0.4) is 0 Å². The van der Waals surface area contributed by atoms with Crippen molar-refractivity contribution < 1.29 is 67.5 Å². The van der Waals surface area contributed by atoms with E-state index in [1.54, 1.807) is 0 Å². The maximum Gasteiger partial charge on any atom is 0.468 e. The van der Waals surface area contributed by atoms with Crippen LogP contribution in [0.2, 0.25) is 0 Å². The Morgan fingerprint density at radius 2 is 1.50 bits per heavy atom. The van der Waals surface area contributed by atoms with Gasteiger partial charge in [-0.05, 0) is 25.0 Å². The largest absolute Gasteiger partial charge is 0.468 e. The Balaban J connectivity index is 2.39. The molecule has 0 aromatic heterocycles. The van der Waals surface area contributed by atoms with Gasteiger partial charge in [0, 0.05) is 6.42 Å². The average molecular weight is 554 g/mol. The summed E-state index contributed by atoms with van der Waals surface area (Å²) < 4.78 is 140. The molecule has 1 saturated carbocycles. The molecule has 1 aromatic carbocycles. The van der Waals surface area contributed by atoms with Gasteiger partial charge in [0.1, 0.15) is 5.75 Å². The second-order valence-electron chi connectivity index (χ2n) is 7.87. The molecule has 1 aromatic rings.